The van der Waals surface area contributed by atoms with Gasteiger partial charge in [-0.05, 0) is 24.6 Å². The summed E-state index contributed by atoms with van der Waals surface area (Å²) in [5, 5.41) is 10.2. The maximum atomic E-state index is 13.0. The van der Waals surface area contributed by atoms with E-state index in [1.807, 2.05) is 0 Å². The number of primary amides is 2. The van der Waals surface area contributed by atoms with E-state index in [0.717, 1.165) is 0 Å². The first kappa shape index (κ1) is 19.1. The quantitative estimate of drug-likeness (QED) is 0.665. The van der Waals surface area contributed by atoms with Crippen LogP contribution in [0.1, 0.15) is 18.4 Å². The number of rotatable bonds is 5. The van der Waals surface area contributed by atoms with Crippen LogP contribution in [0.5, 0.6) is 0 Å². The maximum Gasteiger partial charge on any atom is 0.329 e. The number of nitrogens with two attached hydrogens (primary N) is 2. The summed E-state index contributed by atoms with van der Waals surface area (Å²) in [7, 11) is 0. The predicted octanol–water partition coefficient (Wildman–Crippen LogP) is -0.285. The lowest BCUT2D eigenvalue weighted by Crippen LogP contribution is -2.45. The van der Waals surface area contributed by atoms with Crippen LogP contribution in [-0.4, -0.2) is 46.4 Å². The van der Waals surface area contributed by atoms with Gasteiger partial charge >= 0.3 is 5.97 Å². The molecule has 144 valence electrons. The maximum absolute atomic E-state index is 13.0. The molecular weight excluding hydrogens is 362 g/mol. The fourth-order valence-corrected chi connectivity index (χ4v) is 3.97. The van der Waals surface area contributed by atoms with Gasteiger partial charge in [-0.2, -0.15) is 5.26 Å². The van der Waals surface area contributed by atoms with Crippen molar-refractivity contribution in [3.63, 3.8) is 0 Å². The van der Waals surface area contributed by atoms with Crippen LogP contribution in [0, 0.1) is 16.7 Å². The highest BCUT2D eigenvalue weighted by Gasteiger charge is 2.66. The van der Waals surface area contributed by atoms with Gasteiger partial charge in [0.2, 0.25) is 11.8 Å². The van der Waals surface area contributed by atoms with Crippen LogP contribution in [0.15, 0.2) is 48.5 Å². The number of hydrogen-bond donors (Lipinski definition) is 2. The van der Waals surface area contributed by atoms with Gasteiger partial charge in [-0.3, -0.25) is 19.4 Å². The normalized spacial score (nSPS) is 28.1. The van der Waals surface area contributed by atoms with Gasteiger partial charge in [0.1, 0.15) is 6.04 Å². The fraction of sp³-hybridized carbons (Fsp3) is 0.316. The van der Waals surface area contributed by atoms with E-state index in [9.17, 15) is 19.6 Å². The standard InChI is InChI=1S/C19H19N5O4/c1-2-28-18(27)19(10-20)13-6-5-12(16(21)25)9-24(13)15(17(22)26)14(19)11-4-3-7-23-8-11/h3-9,13-15H,2H2,1H3,(H2,21,25)(H2,22,26)/t13-,14-,15+,19-/m0/s1. The van der Waals surface area contributed by atoms with Gasteiger partial charge in [0.15, 0.2) is 5.41 Å². The van der Waals surface area contributed by atoms with Gasteiger partial charge in [0.25, 0.3) is 0 Å². The summed E-state index contributed by atoms with van der Waals surface area (Å²) in [6, 6.07) is 3.44. The molecule has 0 saturated carbocycles. The Morgan fingerprint density at radius 2 is 2.14 bits per heavy atom. The second-order valence-corrected chi connectivity index (χ2v) is 6.51. The Hall–Kier alpha value is -3.67. The number of aromatic nitrogens is 1. The van der Waals surface area contributed by atoms with Crippen LogP contribution in [-0.2, 0) is 19.1 Å². The molecule has 28 heavy (non-hydrogen) atoms. The van der Waals surface area contributed by atoms with Gasteiger partial charge in [0, 0.05) is 24.5 Å². The fourth-order valence-electron chi connectivity index (χ4n) is 3.97. The molecule has 0 radical (unpaired) electrons. The molecule has 4 N–H and O–H groups in total. The highest BCUT2D eigenvalue weighted by molar-refractivity contribution is 5.96. The average Bonchev–Trinajstić information content (AvgIpc) is 2.99. The lowest BCUT2D eigenvalue weighted by Gasteiger charge is -2.32. The molecule has 2 aliphatic heterocycles. The topological polar surface area (TPSA) is 152 Å². The van der Waals surface area contributed by atoms with Crippen molar-refractivity contribution in [2.45, 2.75) is 24.9 Å². The van der Waals surface area contributed by atoms with Crippen LogP contribution in [0.2, 0.25) is 0 Å². The van der Waals surface area contributed by atoms with Crippen molar-refractivity contribution >= 4 is 17.8 Å². The molecule has 0 aliphatic carbocycles. The van der Waals surface area contributed by atoms with Gasteiger partial charge in [-0.25, -0.2) is 0 Å². The summed E-state index contributed by atoms with van der Waals surface area (Å²) >= 11 is 0. The number of nitrogens with zero attached hydrogens (tertiary/aromatic N) is 3. The number of ether oxygens (including phenoxy) is 1. The average molecular weight is 381 g/mol. The lowest BCUT2D eigenvalue weighted by molar-refractivity contribution is -0.153. The SMILES string of the molecule is CCOC(=O)[C@@]1(C#N)[C@@H]2C=CC(C(N)=O)=CN2[C@@H](C(N)=O)[C@@H]1c1cccnc1. The molecule has 9 heteroatoms. The molecule has 0 aromatic carbocycles. The predicted molar refractivity (Wildman–Crippen MR) is 96.7 cm³/mol. The Balaban J connectivity index is 2.28. The monoisotopic (exact) mass is 381 g/mol. The van der Waals surface area contributed by atoms with Gasteiger partial charge in [-0.1, -0.05) is 12.1 Å². The Kier molecular flexibility index (Phi) is 4.88. The lowest BCUT2D eigenvalue weighted by atomic mass is 9.69. The molecule has 3 rings (SSSR count). The first-order valence-corrected chi connectivity index (χ1v) is 8.63. The van der Waals surface area contributed by atoms with Crippen LogP contribution in [0.4, 0.5) is 0 Å². The van der Waals surface area contributed by atoms with E-state index in [2.05, 4.69) is 11.1 Å². The summed E-state index contributed by atoms with van der Waals surface area (Å²) in [6.07, 6.45) is 7.32. The summed E-state index contributed by atoms with van der Waals surface area (Å²) in [5.74, 6) is -3.19. The zero-order valence-corrected chi connectivity index (χ0v) is 15.1. The number of hydrogen-bond acceptors (Lipinski definition) is 7. The second-order valence-electron chi connectivity index (χ2n) is 6.51. The Morgan fingerprint density at radius 3 is 2.68 bits per heavy atom. The number of amides is 2. The molecule has 9 nitrogen and oxygen atoms in total. The smallest absolute Gasteiger partial charge is 0.329 e. The molecule has 0 spiro atoms. The van der Waals surface area contributed by atoms with E-state index in [-0.39, 0.29) is 12.2 Å². The zero-order valence-electron chi connectivity index (χ0n) is 15.1. The first-order chi connectivity index (χ1) is 13.4. The van der Waals surface area contributed by atoms with E-state index < -0.39 is 41.2 Å². The zero-order chi connectivity index (χ0) is 20.5. The molecule has 0 bridgehead atoms. The van der Waals surface area contributed by atoms with Crippen molar-refractivity contribution in [1.82, 2.24) is 9.88 Å². The van der Waals surface area contributed by atoms with Crippen molar-refractivity contribution in [2.75, 3.05) is 6.61 Å². The molecule has 0 unspecified atom stereocenters. The Bertz CT molecular complexity index is 920. The molecular formula is C19H19N5O4. The molecule has 1 aromatic heterocycles. The van der Waals surface area contributed by atoms with Gasteiger partial charge < -0.3 is 21.1 Å². The molecule has 1 aromatic rings. The summed E-state index contributed by atoms with van der Waals surface area (Å²) in [4.78, 5) is 42.6. The minimum absolute atomic E-state index is 0.0576. The molecule has 1 fully saturated rings. The van der Waals surface area contributed by atoms with Crippen LogP contribution in [0.25, 0.3) is 0 Å². The minimum atomic E-state index is -1.77. The molecule has 2 aliphatic rings. The largest absolute Gasteiger partial charge is 0.465 e. The van der Waals surface area contributed by atoms with Crippen molar-refractivity contribution in [3.8, 4) is 6.07 Å². The molecule has 4 atom stereocenters. The van der Waals surface area contributed by atoms with Crippen LogP contribution >= 0.6 is 0 Å². The van der Waals surface area contributed by atoms with Crippen molar-refractivity contribution < 1.29 is 19.1 Å². The van der Waals surface area contributed by atoms with Gasteiger partial charge in [-0.15, -0.1) is 0 Å². The third kappa shape index (κ3) is 2.70. The minimum Gasteiger partial charge on any atom is -0.465 e. The number of fused-ring (bicyclic) bond motifs is 1. The molecule has 3 heterocycles. The number of nitriles is 1. The van der Waals surface area contributed by atoms with Crippen molar-refractivity contribution in [3.05, 3.63) is 54.0 Å². The van der Waals surface area contributed by atoms with E-state index in [1.165, 1.54) is 35.6 Å². The molecule has 2 amide bonds. The summed E-state index contributed by atoms with van der Waals surface area (Å²) in [5.41, 5.74) is 9.87. The number of esters is 1. The second kappa shape index (κ2) is 7.15. The third-order valence-corrected chi connectivity index (χ3v) is 5.08. The van der Waals surface area contributed by atoms with Gasteiger partial charge in [0.05, 0.1) is 24.3 Å². The summed E-state index contributed by atoms with van der Waals surface area (Å²) < 4.78 is 5.22. The summed E-state index contributed by atoms with van der Waals surface area (Å²) in [6.45, 7) is 1.68. The number of pyridine rings is 1. The Morgan fingerprint density at radius 1 is 1.39 bits per heavy atom. The van der Waals surface area contributed by atoms with E-state index in [1.54, 1.807) is 19.1 Å². The number of carbonyl (C=O) groups is 3. The first-order valence-electron chi connectivity index (χ1n) is 8.63. The Labute approximate surface area is 161 Å². The van der Waals surface area contributed by atoms with Crippen LogP contribution < -0.4 is 11.5 Å². The van der Waals surface area contributed by atoms with E-state index in [0.29, 0.717) is 5.56 Å². The van der Waals surface area contributed by atoms with E-state index >= 15 is 0 Å². The van der Waals surface area contributed by atoms with E-state index in [4.69, 9.17) is 16.2 Å². The highest BCUT2D eigenvalue weighted by atomic mass is 16.5. The third-order valence-electron chi connectivity index (χ3n) is 5.08. The highest BCUT2D eigenvalue weighted by Crippen LogP contribution is 2.53. The number of carbonyl (C=O) groups excluding carboxylic acids is 3. The van der Waals surface area contributed by atoms with Crippen molar-refractivity contribution in [1.29, 1.82) is 5.26 Å². The van der Waals surface area contributed by atoms with Crippen LogP contribution in [0.3, 0.4) is 0 Å². The molecule has 1 saturated heterocycles. The van der Waals surface area contributed by atoms with Crippen molar-refractivity contribution in [2.24, 2.45) is 16.9 Å².